The van der Waals surface area contributed by atoms with E-state index < -0.39 is 0 Å². The molecule has 0 fully saturated rings. The fourth-order valence-electron chi connectivity index (χ4n) is 2.06. The van der Waals surface area contributed by atoms with E-state index in [1.807, 2.05) is 37.3 Å². The van der Waals surface area contributed by atoms with Gasteiger partial charge < -0.3 is 11.1 Å². The average Bonchev–Trinajstić information content (AvgIpc) is 2.54. The Morgan fingerprint density at radius 2 is 1.64 bits per heavy atom. The normalized spacial score (nSPS) is 11.4. The van der Waals surface area contributed by atoms with Crippen LogP contribution in [0.15, 0.2) is 54.6 Å². The summed E-state index contributed by atoms with van der Waals surface area (Å²) in [7, 11) is 0. The molecule has 0 saturated carbocycles. The van der Waals surface area contributed by atoms with Crippen molar-refractivity contribution in [1.82, 2.24) is 5.32 Å². The topological polar surface area (TPSA) is 55.1 Å². The standard InChI is InChI=1S/C18H22N2O.ClH/c1-14(12-19)13-20-18(21)11-15-7-9-17(10-8-15)16-5-3-2-4-6-16;/h2-10,14H,11-13,19H2,1H3,(H,20,21);1H. The Morgan fingerprint density at radius 1 is 1.05 bits per heavy atom. The number of carbonyl (C=O) groups excluding carboxylic acids is 1. The highest BCUT2D eigenvalue weighted by Gasteiger charge is 2.06. The summed E-state index contributed by atoms with van der Waals surface area (Å²) >= 11 is 0. The number of amides is 1. The van der Waals surface area contributed by atoms with Crippen molar-refractivity contribution in [2.24, 2.45) is 11.7 Å². The molecule has 1 atom stereocenters. The van der Waals surface area contributed by atoms with Crippen LogP contribution >= 0.6 is 12.4 Å². The molecule has 1 amide bonds. The Labute approximate surface area is 138 Å². The van der Waals surface area contributed by atoms with Crippen LogP contribution in [0.5, 0.6) is 0 Å². The van der Waals surface area contributed by atoms with Crippen molar-refractivity contribution < 1.29 is 4.79 Å². The van der Waals surface area contributed by atoms with Crippen LogP contribution in [0.2, 0.25) is 0 Å². The number of halogens is 1. The second-order valence-corrected chi connectivity index (χ2v) is 5.38. The van der Waals surface area contributed by atoms with Gasteiger partial charge in [-0.2, -0.15) is 0 Å². The molecule has 2 aromatic rings. The molecule has 2 rings (SSSR count). The molecule has 0 spiro atoms. The third kappa shape index (κ3) is 5.51. The van der Waals surface area contributed by atoms with Crippen LogP contribution in [0.1, 0.15) is 12.5 Å². The number of nitrogens with two attached hydrogens (primary N) is 1. The lowest BCUT2D eigenvalue weighted by Crippen LogP contribution is -2.32. The van der Waals surface area contributed by atoms with Crippen molar-refractivity contribution in [2.45, 2.75) is 13.3 Å². The summed E-state index contributed by atoms with van der Waals surface area (Å²) < 4.78 is 0. The fraction of sp³-hybridized carbons (Fsp3) is 0.278. The molecule has 0 saturated heterocycles. The van der Waals surface area contributed by atoms with Gasteiger partial charge in [0, 0.05) is 6.54 Å². The molecule has 22 heavy (non-hydrogen) atoms. The Kier molecular flexibility index (Phi) is 7.64. The molecule has 4 heteroatoms. The minimum absolute atomic E-state index is 0. The van der Waals surface area contributed by atoms with Crippen LogP contribution in [-0.2, 0) is 11.2 Å². The first-order valence-electron chi connectivity index (χ1n) is 7.30. The molecular formula is C18H23ClN2O. The Morgan fingerprint density at radius 3 is 2.23 bits per heavy atom. The van der Waals surface area contributed by atoms with E-state index in [-0.39, 0.29) is 18.3 Å². The molecule has 2 aromatic carbocycles. The van der Waals surface area contributed by atoms with E-state index >= 15 is 0 Å². The molecule has 0 aromatic heterocycles. The van der Waals surface area contributed by atoms with E-state index in [2.05, 4.69) is 29.6 Å². The molecular weight excluding hydrogens is 296 g/mol. The highest BCUT2D eigenvalue weighted by molar-refractivity contribution is 5.85. The van der Waals surface area contributed by atoms with Crippen LogP contribution in [0.4, 0.5) is 0 Å². The zero-order chi connectivity index (χ0) is 15.1. The minimum Gasteiger partial charge on any atom is -0.356 e. The van der Waals surface area contributed by atoms with Gasteiger partial charge in [0.15, 0.2) is 0 Å². The van der Waals surface area contributed by atoms with Crippen LogP contribution in [0.3, 0.4) is 0 Å². The van der Waals surface area contributed by atoms with Gasteiger partial charge >= 0.3 is 0 Å². The quantitative estimate of drug-likeness (QED) is 0.860. The number of nitrogens with one attached hydrogen (secondary N) is 1. The van der Waals surface area contributed by atoms with Crippen molar-refractivity contribution in [2.75, 3.05) is 13.1 Å². The lowest BCUT2D eigenvalue weighted by Gasteiger charge is -2.10. The van der Waals surface area contributed by atoms with E-state index in [0.717, 1.165) is 11.1 Å². The van der Waals surface area contributed by atoms with E-state index in [1.54, 1.807) is 0 Å². The van der Waals surface area contributed by atoms with Gasteiger partial charge in [-0.05, 0) is 29.2 Å². The Balaban J connectivity index is 0.00000242. The van der Waals surface area contributed by atoms with Crippen molar-refractivity contribution in [1.29, 1.82) is 0 Å². The molecule has 3 N–H and O–H groups in total. The number of rotatable bonds is 6. The molecule has 0 heterocycles. The summed E-state index contributed by atoms with van der Waals surface area (Å²) in [5.41, 5.74) is 8.90. The number of hydrogen-bond acceptors (Lipinski definition) is 2. The number of carbonyl (C=O) groups is 1. The van der Waals surface area contributed by atoms with Crippen LogP contribution in [0, 0.1) is 5.92 Å². The summed E-state index contributed by atoms with van der Waals surface area (Å²) in [6.07, 6.45) is 0.409. The second-order valence-electron chi connectivity index (χ2n) is 5.38. The smallest absolute Gasteiger partial charge is 0.224 e. The molecule has 0 bridgehead atoms. The van der Waals surface area contributed by atoms with Crippen molar-refractivity contribution in [3.63, 3.8) is 0 Å². The lowest BCUT2D eigenvalue weighted by molar-refractivity contribution is -0.120. The first-order valence-corrected chi connectivity index (χ1v) is 7.30. The minimum atomic E-state index is 0. The molecule has 0 radical (unpaired) electrons. The monoisotopic (exact) mass is 318 g/mol. The molecule has 0 aliphatic heterocycles. The summed E-state index contributed by atoms with van der Waals surface area (Å²) in [4.78, 5) is 11.8. The number of benzene rings is 2. The second kappa shape index (κ2) is 9.23. The molecule has 0 aliphatic rings. The molecule has 1 unspecified atom stereocenters. The Bertz CT molecular complexity index is 569. The maximum atomic E-state index is 11.8. The predicted molar refractivity (Wildman–Crippen MR) is 94.1 cm³/mol. The zero-order valence-electron chi connectivity index (χ0n) is 12.8. The van der Waals surface area contributed by atoms with Crippen LogP contribution in [-0.4, -0.2) is 19.0 Å². The summed E-state index contributed by atoms with van der Waals surface area (Å²) in [6.45, 7) is 3.25. The highest BCUT2D eigenvalue weighted by atomic mass is 35.5. The first kappa shape index (κ1) is 18.2. The largest absolute Gasteiger partial charge is 0.356 e. The summed E-state index contributed by atoms with van der Waals surface area (Å²) in [6, 6.07) is 18.3. The average molecular weight is 319 g/mol. The highest BCUT2D eigenvalue weighted by Crippen LogP contribution is 2.19. The number of hydrogen-bond donors (Lipinski definition) is 2. The predicted octanol–water partition coefficient (Wildman–Crippen LogP) is 3.03. The maximum Gasteiger partial charge on any atom is 0.224 e. The van der Waals surface area contributed by atoms with Gasteiger partial charge in [-0.1, -0.05) is 61.5 Å². The first-order chi connectivity index (χ1) is 10.2. The van der Waals surface area contributed by atoms with Crippen LogP contribution < -0.4 is 11.1 Å². The zero-order valence-corrected chi connectivity index (χ0v) is 13.6. The SMILES string of the molecule is CC(CN)CNC(=O)Cc1ccc(-c2ccccc2)cc1.Cl. The van der Waals surface area contributed by atoms with Gasteiger partial charge in [-0.15, -0.1) is 12.4 Å². The van der Waals surface area contributed by atoms with E-state index in [4.69, 9.17) is 5.73 Å². The van der Waals surface area contributed by atoms with E-state index in [1.165, 1.54) is 5.56 Å². The van der Waals surface area contributed by atoms with Gasteiger partial charge in [0.05, 0.1) is 6.42 Å². The van der Waals surface area contributed by atoms with Crippen molar-refractivity contribution in [3.05, 3.63) is 60.2 Å². The van der Waals surface area contributed by atoms with Gasteiger partial charge in [-0.25, -0.2) is 0 Å². The fourth-order valence-corrected chi connectivity index (χ4v) is 2.06. The van der Waals surface area contributed by atoms with E-state index in [0.29, 0.717) is 25.4 Å². The van der Waals surface area contributed by atoms with Gasteiger partial charge in [0.1, 0.15) is 0 Å². The third-order valence-electron chi connectivity index (χ3n) is 3.48. The lowest BCUT2D eigenvalue weighted by atomic mass is 10.0. The van der Waals surface area contributed by atoms with Crippen molar-refractivity contribution >= 4 is 18.3 Å². The summed E-state index contributed by atoms with van der Waals surface area (Å²) in [5, 5.41) is 2.91. The van der Waals surface area contributed by atoms with Crippen molar-refractivity contribution in [3.8, 4) is 11.1 Å². The molecule has 0 aliphatic carbocycles. The van der Waals surface area contributed by atoms with Crippen LogP contribution in [0.25, 0.3) is 11.1 Å². The van der Waals surface area contributed by atoms with Gasteiger partial charge in [-0.3, -0.25) is 4.79 Å². The third-order valence-corrected chi connectivity index (χ3v) is 3.48. The molecule has 3 nitrogen and oxygen atoms in total. The summed E-state index contributed by atoms with van der Waals surface area (Å²) in [5.74, 6) is 0.358. The van der Waals surface area contributed by atoms with Gasteiger partial charge in [0.2, 0.25) is 5.91 Å². The van der Waals surface area contributed by atoms with Gasteiger partial charge in [0.25, 0.3) is 0 Å². The van der Waals surface area contributed by atoms with E-state index in [9.17, 15) is 4.79 Å². The Hall–Kier alpha value is -1.84. The molecule has 118 valence electrons. The maximum absolute atomic E-state index is 11.8.